The van der Waals surface area contributed by atoms with E-state index >= 15 is 0 Å². The van der Waals surface area contributed by atoms with Gasteiger partial charge in [-0.1, -0.05) is 24.3 Å². The van der Waals surface area contributed by atoms with Crippen molar-refractivity contribution in [1.82, 2.24) is 19.6 Å². The Morgan fingerprint density at radius 1 is 1.00 bits per heavy atom. The van der Waals surface area contributed by atoms with E-state index in [1.165, 1.54) is 0 Å². The molecule has 1 aliphatic rings. The number of anilines is 3. The lowest BCUT2D eigenvalue weighted by Gasteiger charge is -2.28. The maximum absolute atomic E-state index is 6.43. The number of fused-ring (bicyclic) bond motifs is 2. The molecule has 1 fully saturated rings. The highest BCUT2D eigenvalue weighted by Crippen LogP contribution is 2.41. The molecule has 0 bridgehead atoms. The van der Waals surface area contributed by atoms with E-state index in [4.69, 9.17) is 11.5 Å². The fourth-order valence-corrected chi connectivity index (χ4v) is 4.26. The summed E-state index contributed by atoms with van der Waals surface area (Å²) >= 11 is 0. The molecule has 3 aromatic heterocycles. The van der Waals surface area contributed by atoms with Crippen molar-refractivity contribution in [3.8, 4) is 0 Å². The fourth-order valence-electron chi connectivity index (χ4n) is 4.26. The largest absolute Gasteiger partial charge is 0.382 e. The van der Waals surface area contributed by atoms with Gasteiger partial charge < -0.3 is 16.8 Å². The van der Waals surface area contributed by atoms with E-state index < -0.39 is 0 Å². The number of nitrogen functional groups attached to an aromatic ring is 1. The summed E-state index contributed by atoms with van der Waals surface area (Å²) in [6.07, 6.45) is 9.36. The van der Waals surface area contributed by atoms with Crippen molar-refractivity contribution in [2.24, 2.45) is 5.73 Å². The van der Waals surface area contributed by atoms with Gasteiger partial charge in [-0.15, -0.1) is 5.10 Å². The molecule has 0 saturated heterocycles. The summed E-state index contributed by atoms with van der Waals surface area (Å²) in [6, 6.07) is 10.5. The number of nitrogens with two attached hydrogens (primary N) is 2. The molecular weight excluding hydrogens is 350 g/mol. The molecule has 1 aliphatic carbocycles. The quantitative estimate of drug-likeness (QED) is 0.507. The van der Waals surface area contributed by atoms with Crippen molar-refractivity contribution in [3.05, 3.63) is 54.5 Å². The van der Waals surface area contributed by atoms with Crippen molar-refractivity contribution in [1.29, 1.82) is 0 Å². The minimum atomic E-state index is 0.275. The second kappa shape index (κ2) is 6.76. The second-order valence-electron chi connectivity index (χ2n) is 7.49. The normalized spacial score (nSPS) is 19.9. The van der Waals surface area contributed by atoms with Crippen LogP contribution in [0.1, 0.15) is 37.2 Å². The van der Waals surface area contributed by atoms with Gasteiger partial charge in [-0.3, -0.25) is 0 Å². The van der Waals surface area contributed by atoms with Crippen molar-refractivity contribution >= 4 is 33.7 Å². The summed E-state index contributed by atoms with van der Waals surface area (Å²) < 4.78 is 1.72. The topological polar surface area (TPSA) is 107 Å². The molecule has 0 atom stereocenters. The maximum Gasteiger partial charge on any atom is 0.177 e. The van der Waals surface area contributed by atoms with Gasteiger partial charge in [0.15, 0.2) is 5.65 Å². The number of nitrogens with one attached hydrogen (secondary N) is 1. The van der Waals surface area contributed by atoms with Crippen LogP contribution in [0.25, 0.3) is 16.4 Å². The van der Waals surface area contributed by atoms with E-state index in [0.29, 0.717) is 11.7 Å². The van der Waals surface area contributed by atoms with Gasteiger partial charge in [0.05, 0.1) is 5.69 Å². The van der Waals surface area contributed by atoms with Crippen molar-refractivity contribution < 1.29 is 0 Å². The summed E-state index contributed by atoms with van der Waals surface area (Å²) in [7, 11) is 0. The molecule has 0 aliphatic heterocycles. The van der Waals surface area contributed by atoms with Crippen molar-refractivity contribution in [3.63, 3.8) is 0 Å². The van der Waals surface area contributed by atoms with Crippen molar-refractivity contribution in [2.75, 3.05) is 11.1 Å². The lowest BCUT2D eigenvalue weighted by atomic mass is 9.81. The van der Waals surface area contributed by atoms with Crippen molar-refractivity contribution in [2.45, 2.75) is 37.6 Å². The molecule has 7 nitrogen and oxygen atoms in total. The number of benzene rings is 1. The maximum atomic E-state index is 6.43. The molecule has 0 unspecified atom stereocenters. The zero-order valence-electron chi connectivity index (χ0n) is 15.5. The van der Waals surface area contributed by atoms with E-state index in [1.54, 1.807) is 10.7 Å². The second-order valence-corrected chi connectivity index (χ2v) is 7.49. The molecule has 0 spiro atoms. The van der Waals surface area contributed by atoms with Gasteiger partial charge in [-0.2, -0.15) is 0 Å². The monoisotopic (exact) mass is 373 g/mol. The van der Waals surface area contributed by atoms with E-state index in [1.807, 2.05) is 30.6 Å². The Kier molecular flexibility index (Phi) is 4.09. The Bertz CT molecular complexity index is 1140. The highest BCUT2D eigenvalue weighted by atomic mass is 15.3. The first-order valence-electron chi connectivity index (χ1n) is 9.70. The smallest absolute Gasteiger partial charge is 0.177 e. The van der Waals surface area contributed by atoms with Crippen LogP contribution in [0.3, 0.4) is 0 Å². The molecule has 1 aromatic carbocycles. The van der Waals surface area contributed by atoms with Crippen LogP contribution in [-0.2, 0) is 0 Å². The number of hydrogen-bond acceptors (Lipinski definition) is 6. The number of nitrogens with zero attached hydrogens (tertiary/aromatic N) is 4. The van der Waals surface area contributed by atoms with E-state index in [9.17, 15) is 0 Å². The van der Waals surface area contributed by atoms with Crippen LogP contribution in [0, 0.1) is 0 Å². The van der Waals surface area contributed by atoms with Gasteiger partial charge in [0.1, 0.15) is 11.6 Å². The van der Waals surface area contributed by atoms with Gasteiger partial charge in [-0.05, 0) is 43.1 Å². The van der Waals surface area contributed by atoms with Crippen LogP contribution in [-0.4, -0.2) is 25.6 Å². The predicted octanol–water partition coefficient (Wildman–Crippen LogP) is 3.59. The highest BCUT2D eigenvalue weighted by molar-refractivity contribution is 5.95. The third kappa shape index (κ3) is 2.84. The molecule has 3 heterocycles. The third-order valence-corrected chi connectivity index (χ3v) is 5.70. The number of imidazole rings is 1. The van der Waals surface area contributed by atoms with Crippen LogP contribution in [0.15, 0.2) is 48.9 Å². The summed E-state index contributed by atoms with van der Waals surface area (Å²) in [5.41, 5.74) is 15.2. The summed E-state index contributed by atoms with van der Waals surface area (Å²) in [4.78, 5) is 9.13. The van der Waals surface area contributed by atoms with E-state index in [2.05, 4.69) is 32.5 Å². The third-order valence-electron chi connectivity index (χ3n) is 5.70. The Morgan fingerprint density at radius 3 is 2.68 bits per heavy atom. The summed E-state index contributed by atoms with van der Waals surface area (Å²) in [5, 5.41) is 10.3. The number of pyridine rings is 1. The standard InChI is InChI=1S/C21H23N7/c22-15-7-5-14(6-8-15)17-18(21-25-11-12-28(21)27-19(17)23)26-20-16-4-2-1-3-13(16)9-10-24-20/h1-4,9-12,14-15H,5-8,22H2,(H2,23,27)(H,24,26). The van der Waals surface area contributed by atoms with Gasteiger partial charge in [0, 0.05) is 35.6 Å². The zero-order valence-corrected chi connectivity index (χ0v) is 15.5. The fraction of sp³-hybridized carbons (Fsp3) is 0.286. The number of hydrogen-bond donors (Lipinski definition) is 3. The molecule has 142 valence electrons. The minimum absolute atomic E-state index is 0.275. The SMILES string of the molecule is Nc1nn2ccnc2c(Nc2nccc3ccccc23)c1C1CCC(N)CC1. The molecular formula is C21H23N7. The molecule has 7 heteroatoms. The Balaban J connectivity index is 1.67. The Hall–Kier alpha value is -3.19. The van der Waals surface area contributed by atoms with Gasteiger partial charge in [0.2, 0.25) is 0 Å². The van der Waals surface area contributed by atoms with Crippen LogP contribution in [0.5, 0.6) is 0 Å². The first-order chi connectivity index (χ1) is 13.7. The van der Waals surface area contributed by atoms with E-state index in [0.717, 1.165) is 59.2 Å². The molecule has 5 N–H and O–H groups in total. The summed E-state index contributed by atoms with van der Waals surface area (Å²) in [5.74, 6) is 1.64. The molecule has 0 radical (unpaired) electrons. The average molecular weight is 373 g/mol. The lowest BCUT2D eigenvalue weighted by molar-refractivity contribution is 0.396. The number of rotatable bonds is 3. The predicted molar refractivity (Wildman–Crippen MR) is 112 cm³/mol. The zero-order chi connectivity index (χ0) is 19.1. The van der Waals surface area contributed by atoms with Gasteiger partial charge >= 0.3 is 0 Å². The Labute approximate surface area is 162 Å². The molecule has 5 rings (SSSR count). The first-order valence-corrected chi connectivity index (χ1v) is 9.70. The van der Waals surface area contributed by atoms with Crippen LogP contribution in [0.4, 0.5) is 17.3 Å². The van der Waals surface area contributed by atoms with E-state index in [-0.39, 0.29) is 6.04 Å². The molecule has 1 saturated carbocycles. The van der Waals surface area contributed by atoms with Crippen LogP contribution in [0.2, 0.25) is 0 Å². The summed E-state index contributed by atoms with van der Waals surface area (Å²) in [6.45, 7) is 0. The number of aromatic nitrogens is 4. The van der Waals surface area contributed by atoms with Crippen LogP contribution < -0.4 is 16.8 Å². The highest BCUT2D eigenvalue weighted by Gasteiger charge is 2.27. The molecule has 28 heavy (non-hydrogen) atoms. The minimum Gasteiger partial charge on any atom is -0.382 e. The first kappa shape index (κ1) is 16.9. The average Bonchev–Trinajstić information content (AvgIpc) is 3.18. The van der Waals surface area contributed by atoms with Crippen LogP contribution >= 0.6 is 0 Å². The lowest BCUT2D eigenvalue weighted by Crippen LogP contribution is -2.26. The molecule has 4 aromatic rings. The van der Waals surface area contributed by atoms with Gasteiger partial charge in [0.25, 0.3) is 0 Å². The Morgan fingerprint density at radius 2 is 1.82 bits per heavy atom. The van der Waals surface area contributed by atoms with Gasteiger partial charge in [-0.25, -0.2) is 14.5 Å². The molecule has 0 amide bonds.